The van der Waals surface area contributed by atoms with Crippen molar-refractivity contribution in [2.24, 2.45) is 0 Å². The van der Waals surface area contributed by atoms with Crippen molar-refractivity contribution in [3.05, 3.63) is 34.4 Å². The molecule has 1 aliphatic heterocycles. The van der Waals surface area contributed by atoms with Gasteiger partial charge in [-0.15, -0.1) is 0 Å². The number of carbonyl (C=O) groups excluding carboxylic acids is 1. The zero-order valence-corrected chi connectivity index (χ0v) is 12.7. The zero-order chi connectivity index (χ0) is 17.9. The maximum atomic E-state index is 11.3. The molecule has 1 aromatic rings. The molecule has 0 radical (unpaired) electrons. The zero-order valence-electron chi connectivity index (χ0n) is 12.7. The molecule has 0 aromatic heterocycles. The number of aliphatic hydroxyl groups excluding tert-OH is 3. The normalized spacial score (nSPS) is 29.8. The van der Waals surface area contributed by atoms with Gasteiger partial charge in [-0.2, -0.15) is 0 Å². The van der Waals surface area contributed by atoms with Gasteiger partial charge in [-0.3, -0.25) is 14.9 Å². The number of nitrogens with one attached hydrogen (secondary N) is 1. The van der Waals surface area contributed by atoms with Gasteiger partial charge in [0.1, 0.15) is 30.1 Å². The largest absolute Gasteiger partial charge is 0.463 e. The Hall–Kier alpha value is -2.27. The molecule has 1 aliphatic rings. The number of amides is 1. The maximum absolute atomic E-state index is 11.3. The summed E-state index contributed by atoms with van der Waals surface area (Å²) in [4.78, 5) is 21.4. The van der Waals surface area contributed by atoms with E-state index in [-0.39, 0.29) is 11.4 Å². The lowest BCUT2D eigenvalue weighted by atomic mass is 9.97. The van der Waals surface area contributed by atoms with E-state index in [4.69, 9.17) is 9.47 Å². The van der Waals surface area contributed by atoms with Crippen molar-refractivity contribution in [2.45, 2.75) is 37.6 Å². The Labute approximate surface area is 136 Å². The third kappa shape index (κ3) is 3.97. The molecule has 10 heteroatoms. The number of hydrogen-bond donors (Lipinski definition) is 4. The first kappa shape index (κ1) is 18.1. The Balaban J connectivity index is 2.19. The lowest BCUT2D eigenvalue weighted by Gasteiger charge is -2.42. The summed E-state index contributed by atoms with van der Waals surface area (Å²) >= 11 is 0. The topological polar surface area (TPSA) is 151 Å². The summed E-state index contributed by atoms with van der Waals surface area (Å²) < 4.78 is 10.9. The Morgan fingerprint density at radius 2 is 1.96 bits per heavy atom. The number of carbonyl (C=O) groups is 1. The number of hydrogen-bond acceptors (Lipinski definition) is 8. The Bertz CT molecular complexity index is 593. The average Bonchev–Trinajstić information content (AvgIpc) is 2.54. The average molecular weight is 342 g/mol. The SMILES string of the molecule is CC(=O)NC1[C@H](Oc2ccc([N+](=O)[O-])cc2)OC(CO)[C@@H](O)[C@@H]1O. The molecule has 24 heavy (non-hydrogen) atoms. The number of nitrogens with zero attached hydrogens (tertiary/aromatic N) is 1. The number of ether oxygens (including phenoxy) is 2. The van der Waals surface area contributed by atoms with Crippen molar-refractivity contribution in [3.8, 4) is 5.75 Å². The Morgan fingerprint density at radius 3 is 2.46 bits per heavy atom. The fourth-order valence-electron chi connectivity index (χ4n) is 2.35. The number of nitro groups is 1. The van der Waals surface area contributed by atoms with Crippen molar-refractivity contribution in [1.29, 1.82) is 0 Å². The minimum absolute atomic E-state index is 0.131. The molecule has 0 saturated carbocycles. The van der Waals surface area contributed by atoms with Crippen LogP contribution in [0.5, 0.6) is 5.75 Å². The van der Waals surface area contributed by atoms with Crippen molar-refractivity contribution in [3.63, 3.8) is 0 Å². The predicted octanol–water partition coefficient (Wildman–Crippen LogP) is -1.08. The van der Waals surface area contributed by atoms with Crippen molar-refractivity contribution < 1.29 is 34.5 Å². The molecule has 1 saturated heterocycles. The predicted molar refractivity (Wildman–Crippen MR) is 79.1 cm³/mol. The highest BCUT2D eigenvalue weighted by Gasteiger charge is 2.46. The second kappa shape index (κ2) is 7.53. The number of nitro benzene ring substituents is 1. The van der Waals surface area contributed by atoms with Crippen LogP contribution >= 0.6 is 0 Å². The first-order chi connectivity index (χ1) is 11.3. The van der Waals surface area contributed by atoms with E-state index >= 15 is 0 Å². The number of benzene rings is 1. The van der Waals surface area contributed by atoms with Crippen molar-refractivity contribution in [2.75, 3.05) is 6.61 Å². The highest BCUT2D eigenvalue weighted by Crippen LogP contribution is 2.25. The van der Waals surface area contributed by atoms with Gasteiger partial charge in [-0.25, -0.2) is 0 Å². The van der Waals surface area contributed by atoms with Crippen LogP contribution in [-0.2, 0) is 9.53 Å². The highest BCUT2D eigenvalue weighted by molar-refractivity contribution is 5.73. The molecule has 2 unspecified atom stereocenters. The third-order valence-corrected chi connectivity index (χ3v) is 3.55. The molecule has 5 atom stereocenters. The van der Waals surface area contributed by atoms with E-state index in [9.17, 15) is 30.2 Å². The van der Waals surface area contributed by atoms with Gasteiger partial charge in [-0.05, 0) is 12.1 Å². The van der Waals surface area contributed by atoms with Gasteiger partial charge in [0.2, 0.25) is 12.2 Å². The fraction of sp³-hybridized carbons (Fsp3) is 0.500. The summed E-state index contributed by atoms with van der Waals surface area (Å²) in [6, 6.07) is 4.02. The molecule has 1 heterocycles. The van der Waals surface area contributed by atoms with Crippen LogP contribution in [0, 0.1) is 10.1 Å². The molecule has 132 valence electrons. The van der Waals surface area contributed by atoms with E-state index in [2.05, 4.69) is 5.32 Å². The lowest BCUT2D eigenvalue weighted by Crippen LogP contribution is -2.65. The first-order valence-electron chi connectivity index (χ1n) is 7.14. The summed E-state index contributed by atoms with van der Waals surface area (Å²) in [5.74, 6) is -0.282. The van der Waals surface area contributed by atoms with Crippen LogP contribution in [0.15, 0.2) is 24.3 Å². The molecule has 1 amide bonds. The molecule has 1 fully saturated rings. The standard InChI is InChI=1S/C14H18N2O8/c1-7(18)15-11-13(20)12(19)10(6-17)24-14(11)23-9-4-2-8(3-5-9)16(21)22/h2-5,10-14,17,19-20H,6H2,1H3,(H,15,18)/t10?,11?,12-,13-,14-/m1/s1. The van der Waals surface area contributed by atoms with E-state index < -0.39 is 48.1 Å². The minimum Gasteiger partial charge on any atom is -0.463 e. The summed E-state index contributed by atoms with van der Waals surface area (Å²) in [5, 5.41) is 42.3. The molecule has 0 spiro atoms. The van der Waals surface area contributed by atoms with E-state index in [1.54, 1.807) is 0 Å². The van der Waals surface area contributed by atoms with E-state index in [0.29, 0.717) is 0 Å². The van der Waals surface area contributed by atoms with Gasteiger partial charge in [0.25, 0.3) is 5.69 Å². The molecular formula is C14H18N2O8. The number of rotatable bonds is 5. The lowest BCUT2D eigenvalue weighted by molar-refractivity contribution is -0.384. The minimum atomic E-state index is -1.43. The second-order valence-corrected chi connectivity index (χ2v) is 5.30. The molecule has 0 bridgehead atoms. The van der Waals surface area contributed by atoms with E-state index in [1.807, 2.05) is 0 Å². The maximum Gasteiger partial charge on any atom is 0.269 e. The first-order valence-corrected chi connectivity index (χ1v) is 7.14. The molecular weight excluding hydrogens is 324 g/mol. The molecule has 1 aromatic carbocycles. The molecule has 4 N–H and O–H groups in total. The van der Waals surface area contributed by atoms with Crippen LogP contribution in [0.25, 0.3) is 0 Å². The van der Waals surface area contributed by atoms with Crippen LogP contribution in [0.4, 0.5) is 5.69 Å². The van der Waals surface area contributed by atoms with Gasteiger partial charge < -0.3 is 30.1 Å². The fourth-order valence-corrected chi connectivity index (χ4v) is 2.35. The van der Waals surface area contributed by atoms with Crippen molar-refractivity contribution in [1.82, 2.24) is 5.32 Å². The second-order valence-electron chi connectivity index (χ2n) is 5.30. The Morgan fingerprint density at radius 1 is 1.33 bits per heavy atom. The van der Waals surface area contributed by atoms with E-state index in [0.717, 1.165) is 0 Å². The molecule has 10 nitrogen and oxygen atoms in total. The summed E-state index contributed by atoms with van der Waals surface area (Å²) in [5.41, 5.74) is -0.131. The van der Waals surface area contributed by atoms with Gasteiger partial charge in [-0.1, -0.05) is 0 Å². The van der Waals surface area contributed by atoms with Crippen LogP contribution in [0.3, 0.4) is 0 Å². The quantitative estimate of drug-likeness (QED) is 0.389. The summed E-state index contributed by atoms with van der Waals surface area (Å²) in [6.45, 7) is 0.658. The molecule has 2 rings (SSSR count). The highest BCUT2D eigenvalue weighted by atomic mass is 16.7. The van der Waals surface area contributed by atoms with Gasteiger partial charge in [0.05, 0.1) is 11.5 Å². The van der Waals surface area contributed by atoms with E-state index in [1.165, 1.54) is 31.2 Å². The summed E-state index contributed by atoms with van der Waals surface area (Å²) in [7, 11) is 0. The van der Waals surface area contributed by atoms with Crippen LogP contribution in [0.1, 0.15) is 6.92 Å². The monoisotopic (exact) mass is 342 g/mol. The van der Waals surface area contributed by atoms with Gasteiger partial charge in [0, 0.05) is 19.1 Å². The number of aliphatic hydroxyl groups is 3. The number of non-ortho nitro benzene ring substituents is 1. The molecule has 0 aliphatic carbocycles. The van der Waals surface area contributed by atoms with Crippen LogP contribution in [0.2, 0.25) is 0 Å². The van der Waals surface area contributed by atoms with Crippen LogP contribution in [-0.4, -0.2) is 63.4 Å². The van der Waals surface area contributed by atoms with Crippen molar-refractivity contribution >= 4 is 11.6 Å². The smallest absolute Gasteiger partial charge is 0.269 e. The Kier molecular flexibility index (Phi) is 5.67. The van der Waals surface area contributed by atoms with Gasteiger partial charge in [0.15, 0.2) is 0 Å². The van der Waals surface area contributed by atoms with Crippen LogP contribution < -0.4 is 10.1 Å². The third-order valence-electron chi connectivity index (χ3n) is 3.55. The van der Waals surface area contributed by atoms with Gasteiger partial charge >= 0.3 is 0 Å². The summed E-state index contributed by atoms with van der Waals surface area (Å²) in [6.07, 6.45) is -5.15.